The summed E-state index contributed by atoms with van der Waals surface area (Å²) in [6.07, 6.45) is 0. The van der Waals surface area contributed by atoms with Gasteiger partial charge >= 0.3 is 0 Å². The molecule has 0 bridgehead atoms. The molecule has 3 nitrogen and oxygen atoms in total. The van der Waals surface area contributed by atoms with E-state index in [9.17, 15) is 8.42 Å². The quantitative estimate of drug-likeness (QED) is 0.471. The van der Waals surface area contributed by atoms with Gasteiger partial charge in [-0.15, -0.1) is 11.6 Å². The van der Waals surface area contributed by atoms with Crippen LogP contribution in [0.2, 0.25) is 0 Å². The van der Waals surface area contributed by atoms with E-state index in [0.29, 0.717) is 0 Å². The normalized spacial score (nSPS) is 11.2. The molecule has 0 unspecified atom stereocenters. The van der Waals surface area contributed by atoms with Gasteiger partial charge in [0.1, 0.15) is 0 Å². The van der Waals surface area contributed by atoms with Crippen molar-refractivity contribution in [1.82, 2.24) is 0 Å². The fraction of sp³-hybridized carbons (Fsp3) is 0.333. The molecule has 0 atom stereocenters. The van der Waals surface area contributed by atoms with E-state index in [4.69, 9.17) is 16.2 Å². The highest BCUT2D eigenvalue weighted by atomic mass is 35.5. The molecule has 0 radical (unpaired) electrons. The molecule has 0 amide bonds. The van der Waals surface area contributed by atoms with Crippen molar-refractivity contribution >= 4 is 21.7 Å². The van der Waals surface area contributed by atoms with Gasteiger partial charge in [0.25, 0.3) is 10.1 Å². The molecule has 0 aromatic heterocycles. The minimum absolute atomic E-state index is 0.265. The second-order valence-electron chi connectivity index (χ2n) is 1.15. The van der Waals surface area contributed by atoms with Crippen LogP contribution < -0.4 is 0 Å². The van der Waals surface area contributed by atoms with Crippen LogP contribution in [-0.4, -0.2) is 18.9 Å². The molecular formula is C3H5ClO3S. The monoisotopic (exact) mass is 156 g/mol. The highest BCUT2D eigenvalue weighted by molar-refractivity contribution is 7.89. The predicted octanol–water partition coefficient (Wildman–Crippen LogP) is 0.627. The van der Waals surface area contributed by atoms with Crippen LogP contribution in [0.25, 0.3) is 0 Å². The van der Waals surface area contributed by atoms with Gasteiger partial charge < -0.3 is 0 Å². The van der Waals surface area contributed by atoms with Gasteiger partial charge in [-0.2, -0.15) is 8.42 Å². The third-order valence-electron chi connectivity index (χ3n) is 0.514. The van der Waals surface area contributed by atoms with Crippen molar-refractivity contribution in [2.24, 2.45) is 0 Å². The molecule has 8 heavy (non-hydrogen) atoms. The summed E-state index contributed by atoms with van der Waals surface area (Å²) < 4.78 is 27.9. The first-order valence-corrected chi connectivity index (χ1v) is 3.67. The molecule has 5 heteroatoms. The van der Waals surface area contributed by atoms with E-state index in [1.165, 1.54) is 0 Å². The van der Waals surface area contributed by atoms with Gasteiger partial charge in [0.2, 0.25) is 0 Å². The molecule has 0 fully saturated rings. The fourth-order valence-electron chi connectivity index (χ4n) is 0.0689. The average molecular weight is 157 g/mol. The maximum Gasteiger partial charge on any atom is 0.291 e. The Balaban J connectivity index is 4.29. The zero-order valence-corrected chi connectivity index (χ0v) is 5.54. The summed E-state index contributed by atoms with van der Waals surface area (Å²) in [5.41, 5.74) is 0. The summed E-state index contributed by atoms with van der Waals surface area (Å²) in [5.74, 6) is -0.265. The maximum absolute atomic E-state index is 9.93. The van der Waals surface area contributed by atoms with E-state index in [1.54, 1.807) is 0 Å². The summed E-state index contributed by atoms with van der Waals surface area (Å²) in [6, 6.07) is 0. The lowest BCUT2D eigenvalue weighted by Crippen LogP contribution is -2.00. The number of alkyl halides is 1. The highest BCUT2D eigenvalue weighted by Crippen LogP contribution is 2.00. The van der Waals surface area contributed by atoms with E-state index in [1.807, 2.05) is 0 Å². The number of allylic oxidation sites excluding steroid dienone is 1. The molecule has 0 aliphatic carbocycles. The van der Waals surface area contributed by atoms with Crippen molar-refractivity contribution in [3.63, 3.8) is 0 Å². The summed E-state index contributed by atoms with van der Waals surface area (Å²) in [6.45, 7) is 2.97. The smallest absolute Gasteiger partial charge is 0.282 e. The first-order chi connectivity index (χ1) is 3.48. The van der Waals surface area contributed by atoms with Crippen molar-refractivity contribution in [3.8, 4) is 0 Å². The van der Waals surface area contributed by atoms with Crippen LogP contribution >= 0.6 is 11.6 Å². The van der Waals surface area contributed by atoms with Crippen LogP contribution in [0.15, 0.2) is 11.5 Å². The Bertz CT molecular complexity index is 181. The van der Waals surface area contributed by atoms with Gasteiger partial charge in [-0.25, -0.2) is 0 Å². The maximum atomic E-state index is 9.93. The third-order valence-corrected chi connectivity index (χ3v) is 1.87. The number of halogens is 1. The minimum atomic E-state index is -4.08. The Morgan fingerprint density at radius 1 is 1.75 bits per heavy atom. The van der Waals surface area contributed by atoms with E-state index in [-0.39, 0.29) is 10.8 Å². The van der Waals surface area contributed by atoms with Crippen molar-refractivity contribution in [2.45, 2.75) is 0 Å². The Labute approximate surface area is 52.7 Å². The molecule has 0 aromatic rings. The predicted molar refractivity (Wildman–Crippen MR) is 31.4 cm³/mol. The molecule has 0 heterocycles. The molecule has 0 saturated heterocycles. The van der Waals surface area contributed by atoms with Crippen LogP contribution in [0.3, 0.4) is 0 Å². The van der Waals surface area contributed by atoms with E-state index in [2.05, 4.69) is 6.58 Å². The second kappa shape index (κ2) is 2.48. The van der Waals surface area contributed by atoms with Gasteiger partial charge in [0, 0.05) is 0 Å². The zero-order chi connectivity index (χ0) is 6.78. The Hall–Kier alpha value is -0.0600. The third kappa shape index (κ3) is 2.30. The summed E-state index contributed by atoms with van der Waals surface area (Å²) >= 11 is 5.00. The molecule has 0 rings (SSSR count). The van der Waals surface area contributed by atoms with E-state index in [0.717, 1.165) is 0 Å². The van der Waals surface area contributed by atoms with Gasteiger partial charge in [-0.05, 0) is 0 Å². The number of hydrogen-bond acceptors (Lipinski definition) is 2. The average Bonchev–Trinajstić information content (AvgIpc) is 1.62. The lowest BCUT2D eigenvalue weighted by Gasteiger charge is -1.91. The lowest BCUT2D eigenvalue weighted by atomic mass is 10.7. The molecular weight excluding hydrogens is 152 g/mol. The standard InChI is InChI=1S/C3H5ClO3S/c1-3(2-4)8(5,6)7/h1-2H2,(H,5,6,7). The van der Waals surface area contributed by atoms with Gasteiger partial charge in [0.05, 0.1) is 10.8 Å². The molecule has 0 aliphatic rings. The Kier molecular flexibility index (Phi) is 2.46. The van der Waals surface area contributed by atoms with Crippen LogP contribution in [0, 0.1) is 0 Å². The topological polar surface area (TPSA) is 54.4 Å². The SMILES string of the molecule is C=C(CCl)S(=O)(=O)O. The second-order valence-corrected chi connectivity index (χ2v) is 2.94. The molecule has 0 aliphatic heterocycles. The summed E-state index contributed by atoms with van der Waals surface area (Å²) in [4.78, 5) is -0.376. The number of hydrogen-bond donors (Lipinski definition) is 1. The zero-order valence-electron chi connectivity index (χ0n) is 3.96. The van der Waals surface area contributed by atoms with Crippen LogP contribution in [-0.2, 0) is 10.1 Å². The van der Waals surface area contributed by atoms with Crippen LogP contribution in [0.4, 0.5) is 0 Å². The number of rotatable bonds is 2. The Morgan fingerprint density at radius 2 is 2.12 bits per heavy atom. The molecule has 0 spiro atoms. The van der Waals surface area contributed by atoms with Gasteiger partial charge in [-0.1, -0.05) is 6.58 Å². The molecule has 0 aromatic carbocycles. The first kappa shape index (κ1) is 7.94. The van der Waals surface area contributed by atoms with Crippen molar-refractivity contribution in [3.05, 3.63) is 11.5 Å². The first-order valence-electron chi connectivity index (χ1n) is 1.69. The highest BCUT2D eigenvalue weighted by Gasteiger charge is 2.07. The van der Waals surface area contributed by atoms with Gasteiger partial charge in [0.15, 0.2) is 0 Å². The van der Waals surface area contributed by atoms with Gasteiger partial charge in [-0.3, -0.25) is 4.55 Å². The van der Waals surface area contributed by atoms with Crippen molar-refractivity contribution in [1.29, 1.82) is 0 Å². The van der Waals surface area contributed by atoms with Crippen LogP contribution in [0.5, 0.6) is 0 Å². The van der Waals surface area contributed by atoms with Crippen molar-refractivity contribution in [2.75, 3.05) is 5.88 Å². The molecule has 48 valence electrons. The fourth-order valence-corrected chi connectivity index (χ4v) is 0.620. The largest absolute Gasteiger partial charge is 0.291 e. The van der Waals surface area contributed by atoms with Crippen molar-refractivity contribution < 1.29 is 13.0 Å². The van der Waals surface area contributed by atoms with Crippen LogP contribution in [0.1, 0.15) is 0 Å². The lowest BCUT2D eigenvalue weighted by molar-refractivity contribution is 0.491. The summed E-state index contributed by atoms with van der Waals surface area (Å²) in [5, 5.41) is 0. The summed E-state index contributed by atoms with van der Waals surface area (Å²) in [7, 11) is -4.08. The minimum Gasteiger partial charge on any atom is -0.282 e. The molecule has 1 N–H and O–H groups in total. The van der Waals surface area contributed by atoms with E-state index < -0.39 is 10.1 Å². The van der Waals surface area contributed by atoms with E-state index >= 15 is 0 Å². The Morgan fingerprint density at radius 3 is 2.12 bits per heavy atom. The molecule has 0 saturated carbocycles.